The Labute approximate surface area is 151 Å². The highest BCUT2D eigenvalue weighted by atomic mass is 35.5. The van der Waals surface area contributed by atoms with Gasteiger partial charge in [0.1, 0.15) is 11.6 Å². The van der Waals surface area contributed by atoms with Crippen LogP contribution in [0.4, 0.5) is 11.6 Å². The Hall–Kier alpha value is -2.47. The molecule has 132 valence electrons. The average molecular weight is 362 g/mol. The first-order valence-corrected chi connectivity index (χ1v) is 8.59. The lowest BCUT2D eigenvalue weighted by molar-refractivity contribution is -0.126. The van der Waals surface area contributed by atoms with Crippen LogP contribution in [0.25, 0.3) is 0 Å². The van der Waals surface area contributed by atoms with E-state index in [4.69, 9.17) is 26.8 Å². The van der Waals surface area contributed by atoms with Crippen LogP contribution in [0.3, 0.4) is 0 Å². The molecule has 3 rings (SSSR count). The summed E-state index contributed by atoms with van der Waals surface area (Å²) in [6.07, 6.45) is 0.760. The fourth-order valence-corrected chi connectivity index (χ4v) is 2.76. The van der Waals surface area contributed by atoms with Gasteiger partial charge in [0.15, 0.2) is 17.7 Å². The van der Waals surface area contributed by atoms with E-state index in [9.17, 15) is 4.79 Å². The molecular weight excluding hydrogens is 342 g/mol. The van der Waals surface area contributed by atoms with E-state index in [1.807, 2.05) is 19.1 Å². The van der Waals surface area contributed by atoms with Gasteiger partial charge in [-0.05, 0) is 49.2 Å². The highest BCUT2D eigenvalue weighted by molar-refractivity contribution is 6.30. The number of carbonyl (C=O) groups is 1. The molecule has 2 aromatic rings. The van der Waals surface area contributed by atoms with Crippen LogP contribution in [-0.4, -0.2) is 30.1 Å². The van der Waals surface area contributed by atoms with Crippen molar-refractivity contribution < 1.29 is 14.3 Å². The predicted octanol–water partition coefficient (Wildman–Crippen LogP) is 3.29. The summed E-state index contributed by atoms with van der Waals surface area (Å²) in [7, 11) is 0. The number of benzene rings is 1. The fraction of sp³-hybridized carbons (Fsp3) is 0.333. The number of carbonyl (C=O) groups excluding carboxylic acids is 1. The maximum absolute atomic E-state index is 12.6. The van der Waals surface area contributed by atoms with E-state index in [0.717, 1.165) is 5.75 Å². The normalized spacial score (nSPS) is 16.3. The number of halogens is 1. The largest absolute Gasteiger partial charge is 0.494 e. The number of amides is 1. The number of ether oxygens (including phenoxy) is 2. The van der Waals surface area contributed by atoms with Crippen molar-refractivity contribution in [2.45, 2.75) is 25.9 Å². The van der Waals surface area contributed by atoms with Crippen LogP contribution < -0.4 is 20.1 Å². The Morgan fingerprint density at radius 1 is 1.28 bits per heavy atom. The molecule has 1 aromatic carbocycles. The van der Waals surface area contributed by atoms with Crippen LogP contribution in [0, 0.1) is 0 Å². The SMILES string of the molecule is CCC1Oc2ccc(N)nc2N(CCCOc2ccc(Cl)cc2)C1=O. The smallest absolute Gasteiger partial charge is 0.269 e. The van der Waals surface area contributed by atoms with Crippen molar-refractivity contribution in [3.8, 4) is 11.5 Å². The molecule has 0 bridgehead atoms. The highest BCUT2D eigenvalue weighted by Crippen LogP contribution is 2.33. The molecule has 1 amide bonds. The maximum atomic E-state index is 12.6. The van der Waals surface area contributed by atoms with Crippen LogP contribution in [0.15, 0.2) is 36.4 Å². The molecule has 0 saturated heterocycles. The lowest BCUT2D eigenvalue weighted by Gasteiger charge is -2.33. The van der Waals surface area contributed by atoms with Crippen molar-refractivity contribution in [1.82, 2.24) is 4.98 Å². The number of anilines is 2. The Balaban J connectivity index is 1.65. The van der Waals surface area contributed by atoms with E-state index in [0.29, 0.717) is 48.4 Å². The number of nitrogens with two attached hydrogens (primary N) is 1. The summed E-state index contributed by atoms with van der Waals surface area (Å²) >= 11 is 5.85. The van der Waals surface area contributed by atoms with Crippen molar-refractivity contribution in [3.05, 3.63) is 41.4 Å². The summed E-state index contributed by atoms with van der Waals surface area (Å²) in [5, 5.41) is 0.664. The van der Waals surface area contributed by atoms with E-state index in [1.54, 1.807) is 29.2 Å². The number of pyridine rings is 1. The van der Waals surface area contributed by atoms with Crippen molar-refractivity contribution >= 4 is 29.1 Å². The number of fused-ring (bicyclic) bond motifs is 1. The molecule has 0 fully saturated rings. The topological polar surface area (TPSA) is 77.7 Å². The molecular formula is C18H20ClN3O3. The fourth-order valence-electron chi connectivity index (χ4n) is 2.64. The first-order chi connectivity index (χ1) is 12.1. The summed E-state index contributed by atoms with van der Waals surface area (Å²) < 4.78 is 11.4. The van der Waals surface area contributed by atoms with Gasteiger partial charge < -0.3 is 15.2 Å². The van der Waals surface area contributed by atoms with Crippen molar-refractivity contribution in [2.75, 3.05) is 23.8 Å². The number of rotatable bonds is 6. The highest BCUT2D eigenvalue weighted by Gasteiger charge is 2.34. The lowest BCUT2D eigenvalue weighted by atomic mass is 10.2. The minimum atomic E-state index is -0.491. The minimum Gasteiger partial charge on any atom is -0.494 e. The summed E-state index contributed by atoms with van der Waals surface area (Å²) in [5.74, 6) is 2.06. The Bertz CT molecular complexity index is 752. The molecule has 1 aromatic heterocycles. The van der Waals surface area contributed by atoms with Crippen LogP contribution >= 0.6 is 11.6 Å². The van der Waals surface area contributed by atoms with Gasteiger partial charge in [0.2, 0.25) is 0 Å². The number of hydrogen-bond donors (Lipinski definition) is 1. The van der Waals surface area contributed by atoms with Gasteiger partial charge in [-0.2, -0.15) is 0 Å². The van der Waals surface area contributed by atoms with Gasteiger partial charge in [-0.1, -0.05) is 18.5 Å². The van der Waals surface area contributed by atoms with E-state index < -0.39 is 6.10 Å². The van der Waals surface area contributed by atoms with Crippen molar-refractivity contribution in [3.63, 3.8) is 0 Å². The molecule has 6 nitrogen and oxygen atoms in total. The summed E-state index contributed by atoms with van der Waals surface area (Å²) in [5.41, 5.74) is 5.76. The second-order valence-electron chi connectivity index (χ2n) is 5.72. The van der Waals surface area contributed by atoms with E-state index in [1.165, 1.54) is 0 Å². The standard InChI is InChI=1S/C18H20ClN3O3/c1-2-14-18(23)22(17-15(25-14)8-9-16(20)21-17)10-3-11-24-13-6-4-12(19)5-7-13/h4-9,14H,2-3,10-11H2,1H3,(H2,20,21). The molecule has 1 aliphatic rings. The van der Waals surface area contributed by atoms with Crippen LogP contribution in [-0.2, 0) is 4.79 Å². The lowest BCUT2D eigenvalue weighted by Crippen LogP contribution is -2.46. The minimum absolute atomic E-state index is 0.0976. The quantitative estimate of drug-likeness (QED) is 0.799. The third kappa shape index (κ3) is 3.96. The number of hydrogen-bond acceptors (Lipinski definition) is 5. The van der Waals surface area contributed by atoms with Crippen LogP contribution in [0.2, 0.25) is 5.02 Å². The first kappa shape index (κ1) is 17.4. The van der Waals surface area contributed by atoms with Gasteiger partial charge in [-0.25, -0.2) is 4.98 Å². The second kappa shape index (κ2) is 7.61. The summed E-state index contributed by atoms with van der Waals surface area (Å²) in [6.45, 7) is 2.87. The average Bonchev–Trinajstić information content (AvgIpc) is 2.61. The van der Waals surface area contributed by atoms with E-state index >= 15 is 0 Å². The molecule has 1 unspecified atom stereocenters. The van der Waals surface area contributed by atoms with Gasteiger partial charge in [-0.3, -0.25) is 9.69 Å². The molecule has 7 heteroatoms. The summed E-state index contributed by atoms with van der Waals surface area (Å²) in [4.78, 5) is 18.5. The molecule has 25 heavy (non-hydrogen) atoms. The zero-order valence-corrected chi connectivity index (χ0v) is 14.7. The molecule has 2 N–H and O–H groups in total. The molecule has 1 atom stereocenters. The molecule has 0 aliphatic carbocycles. The molecule has 0 radical (unpaired) electrons. The molecule has 0 saturated carbocycles. The van der Waals surface area contributed by atoms with E-state index in [2.05, 4.69) is 4.98 Å². The Morgan fingerprint density at radius 3 is 2.76 bits per heavy atom. The number of nitrogens with zero attached hydrogens (tertiary/aromatic N) is 2. The third-order valence-electron chi connectivity index (χ3n) is 3.91. The molecule has 1 aliphatic heterocycles. The Kier molecular flexibility index (Phi) is 5.28. The Morgan fingerprint density at radius 2 is 2.04 bits per heavy atom. The van der Waals surface area contributed by atoms with Gasteiger partial charge >= 0.3 is 0 Å². The van der Waals surface area contributed by atoms with Crippen molar-refractivity contribution in [2.24, 2.45) is 0 Å². The van der Waals surface area contributed by atoms with Gasteiger partial charge in [0.05, 0.1) is 6.61 Å². The first-order valence-electron chi connectivity index (χ1n) is 8.21. The molecule has 0 spiro atoms. The number of aromatic nitrogens is 1. The zero-order valence-electron chi connectivity index (χ0n) is 13.9. The van der Waals surface area contributed by atoms with Gasteiger partial charge in [-0.15, -0.1) is 0 Å². The number of nitrogen functional groups attached to an aromatic ring is 1. The molecule has 2 heterocycles. The summed E-state index contributed by atoms with van der Waals surface area (Å²) in [6, 6.07) is 10.6. The zero-order chi connectivity index (χ0) is 17.8. The predicted molar refractivity (Wildman–Crippen MR) is 97.3 cm³/mol. The van der Waals surface area contributed by atoms with Crippen LogP contribution in [0.1, 0.15) is 19.8 Å². The van der Waals surface area contributed by atoms with Crippen LogP contribution in [0.5, 0.6) is 11.5 Å². The second-order valence-corrected chi connectivity index (χ2v) is 6.15. The van der Waals surface area contributed by atoms with Gasteiger partial charge in [0, 0.05) is 11.6 Å². The maximum Gasteiger partial charge on any atom is 0.269 e. The van der Waals surface area contributed by atoms with Gasteiger partial charge in [0.25, 0.3) is 5.91 Å². The monoisotopic (exact) mass is 361 g/mol. The third-order valence-corrected chi connectivity index (χ3v) is 4.16. The van der Waals surface area contributed by atoms with E-state index in [-0.39, 0.29) is 5.91 Å². The van der Waals surface area contributed by atoms with Crippen molar-refractivity contribution in [1.29, 1.82) is 0 Å².